The average molecular weight is 381 g/mol. The molecule has 2 amide bonds. The van der Waals surface area contributed by atoms with Crippen LogP contribution in [0.1, 0.15) is 32.0 Å². The number of amides is 2. The number of halogens is 1. The largest absolute Gasteiger partial charge is 0.348 e. The minimum atomic E-state index is -0.348. The van der Waals surface area contributed by atoms with Gasteiger partial charge in [-0.25, -0.2) is 0 Å². The molecule has 27 heavy (non-hydrogen) atoms. The molecule has 1 aromatic carbocycles. The second-order valence-corrected chi connectivity index (χ2v) is 6.21. The van der Waals surface area contributed by atoms with E-state index in [1.165, 1.54) is 12.3 Å². The standard InChI is InChI=1S/C20H17ClN4O2/c21-17-3-1-14(2-4-17)12-24-19(26)16-7-10-23-18(11-16)20(27)25-13-15-5-8-22-9-6-15/h1-11H,12-13H2,(H,24,26)(H,25,27). The molecule has 2 N–H and O–H groups in total. The highest BCUT2D eigenvalue weighted by Gasteiger charge is 2.11. The van der Waals surface area contributed by atoms with Crippen LogP contribution < -0.4 is 10.6 Å². The minimum absolute atomic E-state index is 0.184. The number of hydrogen-bond donors (Lipinski definition) is 2. The van der Waals surface area contributed by atoms with Gasteiger partial charge in [0, 0.05) is 42.3 Å². The van der Waals surface area contributed by atoms with Crippen LogP contribution in [-0.2, 0) is 13.1 Å². The lowest BCUT2D eigenvalue weighted by Crippen LogP contribution is -2.26. The first-order valence-corrected chi connectivity index (χ1v) is 8.65. The van der Waals surface area contributed by atoms with Gasteiger partial charge in [0.2, 0.25) is 0 Å². The molecule has 0 unspecified atom stereocenters. The molecule has 0 fully saturated rings. The first kappa shape index (κ1) is 18.5. The molecule has 0 aliphatic carbocycles. The van der Waals surface area contributed by atoms with E-state index in [1.807, 2.05) is 24.3 Å². The highest BCUT2D eigenvalue weighted by Crippen LogP contribution is 2.10. The van der Waals surface area contributed by atoms with E-state index in [4.69, 9.17) is 11.6 Å². The van der Waals surface area contributed by atoms with Crippen LogP contribution in [0.25, 0.3) is 0 Å². The Hall–Kier alpha value is -3.25. The molecule has 0 atom stereocenters. The number of benzene rings is 1. The van der Waals surface area contributed by atoms with Gasteiger partial charge in [0.25, 0.3) is 11.8 Å². The first-order chi connectivity index (χ1) is 13.1. The van der Waals surface area contributed by atoms with Crippen LogP contribution in [0.15, 0.2) is 67.1 Å². The topological polar surface area (TPSA) is 84.0 Å². The van der Waals surface area contributed by atoms with Crippen molar-refractivity contribution in [3.8, 4) is 0 Å². The SMILES string of the molecule is O=C(NCc1ccc(Cl)cc1)c1ccnc(C(=O)NCc2ccncc2)c1. The molecular formula is C20H17ClN4O2. The number of nitrogens with zero attached hydrogens (tertiary/aromatic N) is 2. The van der Waals surface area contributed by atoms with E-state index in [0.29, 0.717) is 23.7 Å². The maximum atomic E-state index is 12.3. The smallest absolute Gasteiger partial charge is 0.270 e. The Kier molecular flexibility index (Phi) is 6.12. The van der Waals surface area contributed by atoms with Crippen molar-refractivity contribution >= 4 is 23.4 Å². The second kappa shape index (κ2) is 8.91. The summed E-state index contributed by atoms with van der Waals surface area (Å²) in [5, 5.41) is 6.22. The van der Waals surface area contributed by atoms with Crippen molar-refractivity contribution < 1.29 is 9.59 Å². The Labute approximate surface area is 161 Å². The monoisotopic (exact) mass is 380 g/mol. The highest BCUT2D eigenvalue weighted by molar-refractivity contribution is 6.30. The van der Waals surface area contributed by atoms with Crippen LogP contribution in [0.4, 0.5) is 0 Å². The molecule has 7 heteroatoms. The Morgan fingerprint density at radius 2 is 1.44 bits per heavy atom. The third-order valence-corrected chi connectivity index (χ3v) is 4.08. The molecule has 0 spiro atoms. The summed E-state index contributed by atoms with van der Waals surface area (Å²) < 4.78 is 0. The molecule has 0 saturated heterocycles. The predicted octanol–water partition coefficient (Wildman–Crippen LogP) is 2.99. The van der Waals surface area contributed by atoms with Crippen molar-refractivity contribution in [1.82, 2.24) is 20.6 Å². The summed E-state index contributed by atoms with van der Waals surface area (Å²) in [6.45, 7) is 0.720. The average Bonchev–Trinajstić information content (AvgIpc) is 2.72. The zero-order chi connectivity index (χ0) is 19.1. The molecule has 3 aromatic rings. The molecule has 136 valence electrons. The number of carbonyl (C=O) groups is 2. The van der Waals surface area contributed by atoms with E-state index in [-0.39, 0.29) is 17.5 Å². The third-order valence-electron chi connectivity index (χ3n) is 3.82. The van der Waals surface area contributed by atoms with Gasteiger partial charge in [-0.3, -0.25) is 19.6 Å². The minimum Gasteiger partial charge on any atom is -0.348 e. The molecular weight excluding hydrogens is 364 g/mol. The van der Waals surface area contributed by atoms with Crippen LogP contribution in [0.2, 0.25) is 5.02 Å². The number of nitrogens with one attached hydrogen (secondary N) is 2. The van der Waals surface area contributed by atoms with Crippen molar-refractivity contribution in [3.63, 3.8) is 0 Å². The summed E-state index contributed by atoms with van der Waals surface area (Å²) in [5.41, 5.74) is 2.41. The van der Waals surface area contributed by atoms with Crippen molar-refractivity contribution in [2.45, 2.75) is 13.1 Å². The molecule has 0 aliphatic rings. The van der Waals surface area contributed by atoms with Crippen molar-refractivity contribution in [2.75, 3.05) is 0 Å². The Morgan fingerprint density at radius 1 is 0.815 bits per heavy atom. The Bertz CT molecular complexity index is 930. The number of aromatic nitrogens is 2. The van der Waals surface area contributed by atoms with Crippen LogP contribution >= 0.6 is 11.6 Å². The molecule has 0 bridgehead atoms. The third kappa shape index (κ3) is 5.36. The summed E-state index contributed by atoms with van der Waals surface area (Å²) in [6.07, 6.45) is 4.76. The quantitative estimate of drug-likeness (QED) is 0.688. The Morgan fingerprint density at radius 3 is 2.15 bits per heavy atom. The highest BCUT2D eigenvalue weighted by atomic mass is 35.5. The summed E-state index contributed by atoms with van der Waals surface area (Å²) in [5.74, 6) is -0.630. The van der Waals surface area contributed by atoms with Crippen LogP contribution in [0.5, 0.6) is 0 Å². The lowest BCUT2D eigenvalue weighted by atomic mass is 10.2. The fourth-order valence-electron chi connectivity index (χ4n) is 2.36. The molecule has 0 aliphatic heterocycles. The van der Waals surface area contributed by atoms with Gasteiger partial charge >= 0.3 is 0 Å². The molecule has 0 saturated carbocycles. The summed E-state index contributed by atoms with van der Waals surface area (Å²) in [4.78, 5) is 32.6. The van der Waals surface area contributed by atoms with E-state index in [9.17, 15) is 9.59 Å². The summed E-state index contributed by atoms with van der Waals surface area (Å²) in [6, 6.07) is 13.9. The first-order valence-electron chi connectivity index (χ1n) is 8.27. The molecule has 2 heterocycles. The van der Waals surface area contributed by atoms with E-state index < -0.39 is 0 Å². The number of carbonyl (C=O) groups excluding carboxylic acids is 2. The maximum absolute atomic E-state index is 12.3. The van der Waals surface area contributed by atoms with Crippen molar-refractivity contribution in [1.29, 1.82) is 0 Å². The Balaban J connectivity index is 1.59. The van der Waals surface area contributed by atoms with Gasteiger partial charge < -0.3 is 10.6 Å². The molecule has 3 rings (SSSR count). The zero-order valence-corrected chi connectivity index (χ0v) is 15.1. The second-order valence-electron chi connectivity index (χ2n) is 5.78. The molecule has 0 radical (unpaired) electrons. The van der Waals surface area contributed by atoms with Gasteiger partial charge in [-0.2, -0.15) is 0 Å². The van der Waals surface area contributed by atoms with Crippen LogP contribution in [-0.4, -0.2) is 21.8 Å². The van der Waals surface area contributed by atoms with Gasteiger partial charge in [0.15, 0.2) is 0 Å². The van der Waals surface area contributed by atoms with Gasteiger partial charge in [0.1, 0.15) is 5.69 Å². The lowest BCUT2D eigenvalue weighted by Gasteiger charge is -2.08. The fraction of sp³-hybridized carbons (Fsp3) is 0.100. The molecule has 2 aromatic heterocycles. The number of pyridine rings is 2. The van der Waals surface area contributed by atoms with Crippen molar-refractivity contribution in [3.05, 3.63) is 94.5 Å². The van der Waals surface area contributed by atoms with E-state index in [2.05, 4.69) is 20.6 Å². The van der Waals surface area contributed by atoms with Gasteiger partial charge in [0.05, 0.1) is 0 Å². The predicted molar refractivity (Wildman–Crippen MR) is 102 cm³/mol. The van der Waals surface area contributed by atoms with Gasteiger partial charge in [-0.1, -0.05) is 23.7 Å². The lowest BCUT2D eigenvalue weighted by molar-refractivity contribution is 0.0946. The zero-order valence-electron chi connectivity index (χ0n) is 14.4. The summed E-state index contributed by atoms with van der Waals surface area (Å²) in [7, 11) is 0. The maximum Gasteiger partial charge on any atom is 0.270 e. The van der Waals surface area contributed by atoms with E-state index in [0.717, 1.165) is 11.1 Å². The van der Waals surface area contributed by atoms with E-state index in [1.54, 1.807) is 30.6 Å². The number of hydrogen-bond acceptors (Lipinski definition) is 4. The summed E-state index contributed by atoms with van der Waals surface area (Å²) >= 11 is 5.85. The number of rotatable bonds is 6. The van der Waals surface area contributed by atoms with Crippen molar-refractivity contribution in [2.24, 2.45) is 0 Å². The fourth-order valence-corrected chi connectivity index (χ4v) is 2.48. The van der Waals surface area contributed by atoms with Crippen LogP contribution in [0, 0.1) is 0 Å². The van der Waals surface area contributed by atoms with Gasteiger partial charge in [-0.15, -0.1) is 0 Å². The normalized spacial score (nSPS) is 10.3. The van der Waals surface area contributed by atoms with E-state index >= 15 is 0 Å². The van der Waals surface area contributed by atoms with Crippen LogP contribution in [0.3, 0.4) is 0 Å². The van der Waals surface area contributed by atoms with Gasteiger partial charge in [-0.05, 0) is 47.5 Å². The molecule has 6 nitrogen and oxygen atoms in total.